The van der Waals surface area contributed by atoms with Gasteiger partial charge in [0.25, 0.3) is 0 Å². The summed E-state index contributed by atoms with van der Waals surface area (Å²) in [5.41, 5.74) is 0. The fourth-order valence-electron chi connectivity index (χ4n) is 1.42. The van der Waals surface area contributed by atoms with Crippen LogP contribution in [0.4, 0.5) is 4.79 Å². The van der Waals surface area contributed by atoms with Gasteiger partial charge in [-0.05, 0) is 19.3 Å². The van der Waals surface area contributed by atoms with E-state index in [1.807, 2.05) is 0 Å². The fourth-order valence-corrected chi connectivity index (χ4v) is 1.42. The van der Waals surface area contributed by atoms with Crippen molar-refractivity contribution in [3.8, 4) is 0 Å². The third kappa shape index (κ3) is 3.54. The first-order valence-electron chi connectivity index (χ1n) is 5.45. The molecule has 0 atom stereocenters. The van der Waals surface area contributed by atoms with Crippen LogP contribution < -0.4 is 5.32 Å². The molecule has 0 aromatic rings. The number of amides is 2. The van der Waals surface area contributed by atoms with Crippen molar-refractivity contribution in [1.29, 1.82) is 0 Å². The van der Waals surface area contributed by atoms with Crippen molar-refractivity contribution in [2.24, 2.45) is 0 Å². The van der Waals surface area contributed by atoms with E-state index in [0.717, 1.165) is 32.2 Å². The van der Waals surface area contributed by atoms with E-state index < -0.39 is 0 Å². The Labute approximate surface area is 85.3 Å². The van der Waals surface area contributed by atoms with Gasteiger partial charge in [0.2, 0.25) is 0 Å². The summed E-state index contributed by atoms with van der Waals surface area (Å²) in [5, 5.41) is 11.7. The highest BCUT2D eigenvalue weighted by atomic mass is 16.3. The molecule has 2 N–H and O–H groups in total. The highest BCUT2D eigenvalue weighted by Crippen LogP contribution is 2.26. The van der Waals surface area contributed by atoms with Gasteiger partial charge in [-0.15, -0.1) is 0 Å². The highest BCUT2D eigenvalue weighted by molar-refractivity contribution is 5.74. The second-order valence-electron chi connectivity index (χ2n) is 3.73. The summed E-state index contributed by atoms with van der Waals surface area (Å²) in [5.74, 6) is 0. The van der Waals surface area contributed by atoms with Gasteiger partial charge in [0, 0.05) is 19.1 Å². The minimum atomic E-state index is -0.0185. The lowest BCUT2D eigenvalue weighted by Gasteiger charge is -2.21. The molecule has 1 aliphatic rings. The second-order valence-corrected chi connectivity index (χ2v) is 3.73. The standard InChI is InChI=1S/C10H20N2O2/c1-2-3-6-11-10(14)12(7-8-13)9-4-5-9/h9,13H,2-8H2,1H3,(H,11,14). The molecule has 0 radical (unpaired) electrons. The monoisotopic (exact) mass is 200 g/mol. The summed E-state index contributed by atoms with van der Waals surface area (Å²) in [6.07, 6.45) is 4.27. The van der Waals surface area contributed by atoms with Crippen LogP contribution in [0.2, 0.25) is 0 Å². The third-order valence-corrected chi connectivity index (χ3v) is 2.40. The fraction of sp³-hybridized carbons (Fsp3) is 0.900. The van der Waals surface area contributed by atoms with Crippen molar-refractivity contribution in [3.63, 3.8) is 0 Å². The lowest BCUT2D eigenvalue weighted by atomic mass is 10.3. The number of nitrogens with one attached hydrogen (secondary N) is 1. The lowest BCUT2D eigenvalue weighted by molar-refractivity contribution is 0.173. The molecule has 1 saturated carbocycles. The van der Waals surface area contributed by atoms with Crippen LogP contribution >= 0.6 is 0 Å². The van der Waals surface area contributed by atoms with E-state index in [0.29, 0.717) is 12.6 Å². The van der Waals surface area contributed by atoms with E-state index in [4.69, 9.17) is 5.11 Å². The van der Waals surface area contributed by atoms with E-state index in [1.54, 1.807) is 4.90 Å². The van der Waals surface area contributed by atoms with Crippen molar-refractivity contribution >= 4 is 6.03 Å². The maximum Gasteiger partial charge on any atom is 0.317 e. The zero-order valence-electron chi connectivity index (χ0n) is 8.83. The normalized spacial score (nSPS) is 15.3. The van der Waals surface area contributed by atoms with E-state index in [-0.39, 0.29) is 12.6 Å². The number of rotatable bonds is 6. The van der Waals surface area contributed by atoms with Gasteiger partial charge >= 0.3 is 6.03 Å². The largest absolute Gasteiger partial charge is 0.395 e. The molecule has 0 aliphatic heterocycles. The Morgan fingerprint density at radius 2 is 2.29 bits per heavy atom. The molecule has 0 unspecified atom stereocenters. The maximum absolute atomic E-state index is 11.6. The summed E-state index contributed by atoms with van der Waals surface area (Å²) < 4.78 is 0. The first-order chi connectivity index (χ1) is 6.79. The van der Waals surface area contributed by atoms with Crippen LogP contribution in [0.1, 0.15) is 32.6 Å². The van der Waals surface area contributed by atoms with Crippen LogP contribution in [0.15, 0.2) is 0 Å². The molecule has 1 fully saturated rings. The molecule has 14 heavy (non-hydrogen) atoms. The Morgan fingerprint density at radius 1 is 1.57 bits per heavy atom. The van der Waals surface area contributed by atoms with E-state index in [9.17, 15) is 4.79 Å². The van der Waals surface area contributed by atoms with Gasteiger partial charge in [0.05, 0.1) is 6.61 Å². The molecule has 1 rings (SSSR count). The highest BCUT2D eigenvalue weighted by Gasteiger charge is 2.31. The van der Waals surface area contributed by atoms with Crippen molar-refractivity contribution < 1.29 is 9.90 Å². The number of urea groups is 1. The number of unbranched alkanes of at least 4 members (excludes halogenated alkanes) is 1. The Balaban J connectivity index is 2.23. The van der Waals surface area contributed by atoms with Gasteiger partial charge in [-0.3, -0.25) is 0 Å². The maximum atomic E-state index is 11.6. The Kier molecular flexibility index (Phi) is 4.73. The Morgan fingerprint density at radius 3 is 2.79 bits per heavy atom. The molecular formula is C10H20N2O2. The smallest absolute Gasteiger partial charge is 0.317 e. The van der Waals surface area contributed by atoms with Gasteiger partial charge in [-0.1, -0.05) is 13.3 Å². The second kappa shape index (κ2) is 5.86. The predicted molar refractivity (Wildman–Crippen MR) is 55.1 cm³/mol. The number of hydrogen-bond donors (Lipinski definition) is 2. The number of hydrogen-bond acceptors (Lipinski definition) is 2. The third-order valence-electron chi connectivity index (χ3n) is 2.40. The summed E-state index contributed by atoms with van der Waals surface area (Å²) in [4.78, 5) is 13.3. The number of aliphatic hydroxyl groups is 1. The SMILES string of the molecule is CCCCNC(=O)N(CCO)C1CC1. The van der Waals surface area contributed by atoms with Gasteiger partial charge in [0.1, 0.15) is 0 Å². The lowest BCUT2D eigenvalue weighted by Crippen LogP contribution is -2.43. The molecule has 0 bridgehead atoms. The first kappa shape index (κ1) is 11.3. The van der Waals surface area contributed by atoms with Crippen molar-refractivity contribution in [2.45, 2.75) is 38.6 Å². The zero-order chi connectivity index (χ0) is 10.4. The van der Waals surface area contributed by atoms with Crippen LogP contribution in [0.5, 0.6) is 0 Å². The van der Waals surface area contributed by atoms with Crippen molar-refractivity contribution in [3.05, 3.63) is 0 Å². The molecule has 0 spiro atoms. The van der Waals surface area contributed by atoms with Crippen LogP contribution in [-0.4, -0.2) is 41.8 Å². The number of carbonyl (C=O) groups excluding carboxylic acids is 1. The molecule has 0 aromatic carbocycles. The number of aliphatic hydroxyl groups excluding tert-OH is 1. The van der Waals surface area contributed by atoms with Crippen LogP contribution in [-0.2, 0) is 0 Å². The summed E-state index contributed by atoms with van der Waals surface area (Å²) in [6.45, 7) is 3.35. The molecular weight excluding hydrogens is 180 g/mol. The van der Waals surface area contributed by atoms with Gasteiger partial charge in [0.15, 0.2) is 0 Å². The number of nitrogens with zero attached hydrogens (tertiary/aromatic N) is 1. The molecule has 4 nitrogen and oxygen atoms in total. The Hall–Kier alpha value is -0.770. The molecule has 2 amide bonds. The topological polar surface area (TPSA) is 52.6 Å². The molecule has 0 aromatic heterocycles. The predicted octanol–water partition coefficient (Wildman–Crippen LogP) is 0.953. The summed E-state index contributed by atoms with van der Waals surface area (Å²) in [7, 11) is 0. The van der Waals surface area contributed by atoms with E-state index in [2.05, 4.69) is 12.2 Å². The number of carbonyl (C=O) groups is 1. The van der Waals surface area contributed by atoms with Crippen LogP contribution in [0.25, 0.3) is 0 Å². The van der Waals surface area contributed by atoms with Gasteiger partial charge < -0.3 is 15.3 Å². The molecule has 0 heterocycles. The zero-order valence-corrected chi connectivity index (χ0v) is 8.83. The van der Waals surface area contributed by atoms with Crippen LogP contribution in [0.3, 0.4) is 0 Å². The van der Waals surface area contributed by atoms with E-state index in [1.165, 1.54) is 0 Å². The van der Waals surface area contributed by atoms with Crippen molar-refractivity contribution in [2.75, 3.05) is 19.7 Å². The minimum absolute atomic E-state index is 0.0185. The van der Waals surface area contributed by atoms with Crippen molar-refractivity contribution in [1.82, 2.24) is 10.2 Å². The quantitative estimate of drug-likeness (QED) is 0.627. The summed E-state index contributed by atoms with van der Waals surface area (Å²) >= 11 is 0. The summed E-state index contributed by atoms with van der Waals surface area (Å²) in [6, 6.07) is 0.360. The average molecular weight is 200 g/mol. The average Bonchev–Trinajstić information content (AvgIpc) is 2.98. The van der Waals surface area contributed by atoms with Gasteiger partial charge in [-0.2, -0.15) is 0 Å². The minimum Gasteiger partial charge on any atom is -0.395 e. The van der Waals surface area contributed by atoms with Crippen LogP contribution in [0, 0.1) is 0 Å². The van der Waals surface area contributed by atoms with E-state index >= 15 is 0 Å². The molecule has 82 valence electrons. The Bertz CT molecular complexity index is 181. The molecule has 1 aliphatic carbocycles. The molecule has 4 heteroatoms. The first-order valence-corrected chi connectivity index (χ1v) is 5.45. The molecule has 0 saturated heterocycles. The van der Waals surface area contributed by atoms with Gasteiger partial charge in [-0.25, -0.2) is 4.79 Å².